The number of nitrogens with zero attached hydrogens (tertiary/aromatic N) is 4. The highest BCUT2D eigenvalue weighted by molar-refractivity contribution is 7.57. The number of rotatable bonds is 13. The van der Waals surface area contributed by atoms with E-state index in [1.165, 1.54) is 17.2 Å². The van der Waals surface area contributed by atoms with Gasteiger partial charge in [-0.3, -0.25) is 13.9 Å². The van der Waals surface area contributed by atoms with Crippen molar-refractivity contribution in [1.82, 2.24) is 24.6 Å². The van der Waals surface area contributed by atoms with Gasteiger partial charge in [-0.05, 0) is 30.0 Å². The highest BCUT2D eigenvalue weighted by atomic mass is 31.2. The first-order valence-electron chi connectivity index (χ1n) is 13.6. The quantitative estimate of drug-likeness (QED) is 0.159. The van der Waals surface area contributed by atoms with Gasteiger partial charge in [0.1, 0.15) is 23.6 Å². The Bertz CT molecular complexity index is 1620. The highest BCUT2D eigenvalue weighted by Crippen LogP contribution is 2.45. The summed E-state index contributed by atoms with van der Waals surface area (Å²) in [5.74, 6) is -0.744. The Morgan fingerprint density at radius 3 is 2.56 bits per heavy atom. The summed E-state index contributed by atoms with van der Waals surface area (Å²) >= 11 is 0. The minimum Gasteiger partial charge on any atom is -0.464 e. The van der Waals surface area contributed by atoms with Gasteiger partial charge in [0.25, 0.3) is 0 Å². The number of nitrogens with one attached hydrogen (secondary N) is 1. The second-order valence-corrected chi connectivity index (χ2v) is 12.3. The monoisotopic (exact) mass is 610 g/mol. The third-order valence-electron chi connectivity index (χ3n) is 6.32. The molecule has 226 valence electrons. The SMILES string of the molecule is CC(C)COC(=O)[C@H](Cc1ccccc1)N[P@](=O)(CO[C@@H]1C=C(F)[C@H](n2cnc3c(N)ncnc32)O1)Oc1ccccc1. The molecule has 14 heteroatoms. The second-order valence-electron chi connectivity index (χ2n) is 10.3. The van der Waals surface area contributed by atoms with E-state index < -0.39 is 44.2 Å². The summed E-state index contributed by atoms with van der Waals surface area (Å²) in [6, 6.07) is 16.7. The van der Waals surface area contributed by atoms with E-state index in [1.807, 2.05) is 44.2 Å². The molecular formula is C29H32FN6O6P. The fourth-order valence-electron chi connectivity index (χ4n) is 4.30. The standard InChI is InChI=1S/C29H32FN6O6P/c1-19(2)15-39-29(37)23(13-20-9-5-3-6-10-20)35-43(38,42-21-11-7-4-8-12-21)18-40-24-14-22(30)28(41-24)36-17-34-25-26(31)32-16-33-27(25)36/h3-12,14,16-17,19,23-24,28H,13,15,18H2,1-2H3,(H,35,38)(H2,31,32,33)/t23-,24-,28+,43-/m0/s1. The van der Waals surface area contributed by atoms with Crippen LogP contribution in [0.5, 0.6) is 5.75 Å². The van der Waals surface area contributed by atoms with Gasteiger partial charge in [-0.2, -0.15) is 0 Å². The first-order valence-corrected chi connectivity index (χ1v) is 15.4. The van der Waals surface area contributed by atoms with E-state index in [1.54, 1.807) is 30.3 Å². The van der Waals surface area contributed by atoms with Gasteiger partial charge >= 0.3 is 13.5 Å². The number of anilines is 1. The molecule has 3 heterocycles. The fraction of sp³-hybridized carbons (Fsp3) is 0.310. The topological polar surface area (TPSA) is 153 Å². The van der Waals surface area contributed by atoms with Crippen molar-refractivity contribution in [3.05, 3.63) is 90.8 Å². The number of hydrogen-bond acceptors (Lipinski definition) is 10. The summed E-state index contributed by atoms with van der Waals surface area (Å²) < 4.78 is 53.6. The predicted molar refractivity (Wildman–Crippen MR) is 156 cm³/mol. The molecule has 2 aromatic carbocycles. The Hall–Kier alpha value is -4.16. The fourth-order valence-corrected chi connectivity index (χ4v) is 5.96. The molecule has 0 radical (unpaired) electrons. The Labute approximate surface area is 247 Å². The Morgan fingerprint density at radius 2 is 1.84 bits per heavy atom. The van der Waals surface area contributed by atoms with Crippen LogP contribution in [-0.2, 0) is 30.0 Å². The van der Waals surface area contributed by atoms with E-state index in [9.17, 15) is 9.36 Å². The smallest absolute Gasteiger partial charge is 0.342 e. The molecule has 0 aliphatic carbocycles. The van der Waals surface area contributed by atoms with Gasteiger partial charge in [0, 0.05) is 6.08 Å². The normalized spacial score (nSPS) is 18.7. The molecule has 0 spiro atoms. The maximum absolute atomic E-state index is 15.1. The molecule has 0 unspecified atom stereocenters. The molecular weight excluding hydrogens is 578 g/mol. The first-order chi connectivity index (χ1) is 20.7. The molecule has 1 aliphatic rings. The number of aromatic nitrogens is 4. The zero-order valence-electron chi connectivity index (χ0n) is 23.6. The number of ether oxygens (including phenoxy) is 3. The molecule has 4 atom stereocenters. The molecule has 0 saturated carbocycles. The minimum absolute atomic E-state index is 0.0988. The summed E-state index contributed by atoms with van der Waals surface area (Å²) in [4.78, 5) is 25.3. The first kappa shape index (κ1) is 30.3. The van der Waals surface area contributed by atoms with Gasteiger partial charge in [-0.1, -0.05) is 62.4 Å². The van der Waals surface area contributed by atoms with Crippen LogP contribution in [0, 0.1) is 5.92 Å². The number of esters is 1. The number of carbonyl (C=O) groups excluding carboxylic acids is 1. The molecule has 0 fully saturated rings. The average molecular weight is 611 g/mol. The zero-order valence-corrected chi connectivity index (χ0v) is 24.5. The van der Waals surface area contributed by atoms with Crippen LogP contribution in [0.3, 0.4) is 0 Å². The van der Waals surface area contributed by atoms with Crippen LogP contribution in [0.4, 0.5) is 10.2 Å². The third-order valence-corrected chi connectivity index (χ3v) is 8.02. The van der Waals surface area contributed by atoms with Gasteiger partial charge in [-0.25, -0.2) is 24.4 Å². The molecule has 4 aromatic rings. The van der Waals surface area contributed by atoms with E-state index in [4.69, 9.17) is 24.5 Å². The summed E-state index contributed by atoms with van der Waals surface area (Å²) in [5, 5.41) is 2.87. The third kappa shape index (κ3) is 7.63. The van der Waals surface area contributed by atoms with Gasteiger partial charge in [0.15, 0.2) is 36.2 Å². The summed E-state index contributed by atoms with van der Waals surface area (Å²) in [6.07, 6.45) is 0.798. The van der Waals surface area contributed by atoms with Crippen LogP contribution < -0.4 is 15.3 Å². The van der Waals surface area contributed by atoms with E-state index >= 15 is 4.39 Å². The Balaban J connectivity index is 1.35. The van der Waals surface area contributed by atoms with E-state index in [-0.39, 0.29) is 36.2 Å². The van der Waals surface area contributed by atoms with Crippen molar-refractivity contribution in [1.29, 1.82) is 0 Å². The van der Waals surface area contributed by atoms with Crippen molar-refractivity contribution in [2.45, 2.75) is 38.8 Å². The molecule has 12 nitrogen and oxygen atoms in total. The van der Waals surface area contributed by atoms with Crippen molar-refractivity contribution >= 4 is 30.5 Å². The van der Waals surface area contributed by atoms with E-state index in [0.29, 0.717) is 5.52 Å². The maximum atomic E-state index is 15.1. The summed E-state index contributed by atoms with van der Waals surface area (Å²) in [5.41, 5.74) is 7.23. The largest absolute Gasteiger partial charge is 0.464 e. The molecule has 5 rings (SSSR count). The number of fused-ring (bicyclic) bond motifs is 1. The molecule has 1 aliphatic heterocycles. The lowest BCUT2D eigenvalue weighted by molar-refractivity contribution is -0.146. The molecule has 0 amide bonds. The van der Waals surface area contributed by atoms with Crippen molar-refractivity contribution in [2.75, 3.05) is 18.7 Å². The number of para-hydroxylation sites is 1. The molecule has 3 N–H and O–H groups in total. The van der Waals surface area contributed by atoms with Crippen molar-refractivity contribution < 1.29 is 32.5 Å². The van der Waals surface area contributed by atoms with E-state index in [0.717, 1.165) is 11.6 Å². The van der Waals surface area contributed by atoms with Crippen LogP contribution >= 0.6 is 7.52 Å². The zero-order chi connectivity index (χ0) is 30.4. The van der Waals surface area contributed by atoms with Crippen molar-refractivity contribution in [3.8, 4) is 5.75 Å². The number of imidazole rings is 1. The van der Waals surface area contributed by atoms with E-state index in [2.05, 4.69) is 20.0 Å². The second kappa shape index (κ2) is 13.4. The summed E-state index contributed by atoms with van der Waals surface area (Å²) in [6.45, 7) is 4.02. The summed E-state index contributed by atoms with van der Waals surface area (Å²) in [7, 11) is -3.99. The molecule has 43 heavy (non-hydrogen) atoms. The number of hydrogen-bond donors (Lipinski definition) is 2. The number of nitrogens with two attached hydrogens (primary N) is 1. The van der Waals surface area contributed by atoms with Crippen LogP contribution in [-0.4, -0.2) is 50.8 Å². The van der Waals surface area contributed by atoms with Gasteiger partial charge < -0.3 is 24.5 Å². The Kier molecular flexibility index (Phi) is 9.46. The van der Waals surface area contributed by atoms with Crippen LogP contribution in [0.15, 0.2) is 85.2 Å². The van der Waals surface area contributed by atoms with Crippen LogP contribution in [0.1, 0.15) is 25.6 Å². The van der Waals surface area contributed by atoms with Crippen LogP contribution in [0.2, 0.25) is 0 Å². The lowest BCUT2D eigenvalue weighted by Crippen LogP contribution is -2.40. The van der Waals surface area contributed by atoms with Gasteiger partial charge in [0.05, 0.1) is 12.9 Å². The molecule has 0 saturated heterocycles. The number of carbonyl (C=O) groups is 1. The number of halogens is 1. The average Bonchev–Trinajstić information content (AvgIpc) is 3.59. The van der Waals surface area contributed by atoms with Crippen LogP contribution in [0.25, 0.3) is 11.2 Å². The lowest BCUT2D eigenvalue weighted by atomic mass is 10.1. The highest BCUT2D eigenvalue weighted by Gasteiger charge is 2.37. The molecule has 2 aromatic heterocycles. The Morgan fingerprint density at radius 1 is 1.12 bits per heavy atom. The maximum Gasteiger partial charge on any atom is 0.342 e. The number of benzene rings is 2. The van der Waals surface area contributed by atoms with Crippen molar-refractivity contribution in [3.63, 3.8) is 0 Å². The predicted octanol–water partition coefficient (Wildman–Crippen LogP) is 4.76. The minimum atomic E-state index is -3.99. The molecule has 0 bridgehead atoms. The lowest BCUT2D eigenvalue weighted by Gasteiger charge is -2.26. The number of nitrogen functional groups attached to an aromatic ring is 1. The van der Waals surface area contributed by atoms with Gasteiger partial charge in [-0.15, -0.1) is 0 Å². The van der Waals surface area contributed by atoms with Crippen molar-refractivity contribution in [2.24, 2.45) is 5.92 Å². The van der Waals surface area contributed by atoms with Gasteiger partial charge in [0.2, 0.25) is 0 Å².